The second-order valence-electron chi connectivity index (χ2n) is 4.76. The zero-order chi connectivity index (χ0) is 13.8. The molecule has 0 bridgehead atoms. The highest BCUT2D eigenvalue weighted by Crippen LogP contribution is 2.25. The van der Waals surface area contributed by atoms with Gasteiger partial charge >= 0.3 is 0 Å². The van der Waals surface area contributed by atoms with Crippen LogP contribution in [0, 0.1) is 6.92 Å². The van der Waals surface area contributed by atoms with Crippen LogP contribution in [0.25, 0.3) is 0 Å². The minimum Gasteiger partial charge on any atom is -0.370 e. The second kappa shape index (κ2) is 6.22. The maximum absolute atomic E-state index is 5.83. The van der Waals surface area contributed by atoms with E-state index in [0.717, 1.165) is 16.6 Å². The van der Waals surface area contributed by atoms with E-state index in [9.17, 15) is 0 Å². The van der Waals surface area contributed by atoms with Gasteiger partial charge in [-0.2, -0.15) is 0 Å². The van der Waals surface area contributed by atoms with E-state index in [0.29, 0.717) is 6.54 Å². The molecule has 0 saturated heterocycles. The normalized spacial score (nSPS) is 10.5. The van der Waals surface area contributed by atoms with Gasteiger partial charge in [0.2, 0.25) is 0 Å². The number of benzene rings is 2. The van der Waals surface area contributed by atoms with Crippen molar-refractivity contribution in [2.45, 2.75) is 20.0 Å². The van der Waals surface area contributed by atoms with Crippen molar-refractivity contribution in [3.05, 3.63) is 63.6 Å². The first-order valence-corrected chi connectivity index (χ1v) is 7.15. The van der Waals surface area contributed by atoms with E-state index >= 15 is 0 Å². The fraction of sp³-hybridized carbons (Fsp3) is 0.250. The molecule has 0 saturated carbocycles. The summed E-state index contributed by atoms with van der Waals surface area (Å²) < 4.78 is 1.07. The first kappa shape index (κ1) is 14.1. The van der Waals surface area contributed by atoms with E-state index in [1.165, 1.54) is 16.8 Å². The average molecular weight is 319 g/mol. The van der Waals surface area contributed by atoms with Gasteiger partial charge in [0.15, 0.2) is 0 Å². The van der Waals surface area contributed by atoms with E-state index in [4.69, 9.17) is 5.73 Å². The molecule has 0 spiro atoms. The Kier molecular flexibility index (Phi) is 4.61. The van der Waals surface area contributed by atoms with E-state index in [1.54, 1.807) is 0 Å². The largest absolute Gasteiger partial charge is 0.370 e. The molecule has 100 valence electrons. The van der Waals surface area contributed by atoms with Crippen LogP contribution >= 0.6 is 15.9 Å². The lowest BCUT2D eigenvalue weighted by Crippen LogP contribution is -2.19. The number of nitrogens with zero attached hydrogens (tertiary/aromatic N) is 1. The van der Waals surface area contributed by atoms with Crippen LogP contribution in [0.4, 0.5) is 5.69 Å². The Hall–Kier alpha value is -1.32. The maximum Gasteiger partial charge on any atom is 0.0428 e. The predicted octanol–water partition coefficient (Wildman–Crippen LogP) is 3.85. The summed E-state index contributed by atoms with van der Waals surface area (Å²) in [6, 6.07) is 14.7. The molecule has 0 aromatic heterocycles. The topological polar surface area (TPSA) is 29.3 Å². The first-order chi connectivity index (χ1) is 9.11. The number of anilines is 1. The standard InChI is InChI=1S/C16H19BrN2/c1-12-5-3-4-6-13(12)11-19(2)16-8-7-15(17)9-14(16)10-18/h3-9H,10-11,18H2,1-2H3. The quantitative estimate of drug-likeness (QED) is 0.927. The lowest BCUT2D eigenvalue weighted by atomic mass is 10.1. The van der Waals surface area contributed by atoms with Gasteiger partial charge in [-0.15, -0.1) is 0 Å². The molecule has 2 rings (SSSR count). The third-order valence-corrected chi connectivity index (χ3v) is 3.83. The van der Waals surface area contributed by atoms with E-state index in [-0.39, 0.29) is 0 Å². The summed E-state index contributed by atoms with van der Waals surface area (Å²) in [7, 11) is 2.11. The highest BCUT2D eigenvalue weighted by molar-refractivity contribution is 9.10. The van der Waals surface area contributed by atoms with Gasteiger partial charge in [0, 0.05) is 30.3 Å². The van der Waals surface area contributed by atoms with Gasteiger partial charge in [0.25, 0.3) is 0 Å². The Labute approximate surface area is 123 Å². The summed E-state index contributed by atoms with van der Waals surface area (Å²) in [4.78, 5) is 2.25. The lowest BCUT2D eigenvalue weighted by molar-refractivity contribution is 0.896. The number of halogens is 1. The second-order valence-corrected chi connectivity index (χ2v) is 5.68. The zero-order valence-corrected chi connectivity index (χ0v) is 12.9. The fourth-order valence-electron chi connectivity index (χ4n) is 2.22. The first-order valence-electron chi connectivity index (χ1n) is 6.36. The van der Waals surface area contributed by atoms with Gasteiger partial charge in [-0.3, -0.25) is 0 Å². The molecule has 2 aromatic rings. The molecule has 0 aliphatic heterocycles. The Morgan fingerprint density at radius 2 is 1.84 bits per heavy atom. The number of rotatable bonds is 4. The third kappa shape index (κ3) is 3.37. The number of hydrogen-bond acceptors (Lipinski definition) is 2. The van der Waals surface area contributed by atoms with Crippen molar-refractivity contribution in [2.24, 2.45) is 5.73 Å². The summed E-state index contributed by atoms with van der Waals surface area (Å²) in [5, 5.41) is 0. The minimum absolute atomic E-state index is 0.548. The molecular weight excluding hydrogens is 300 g/mol. The molecule has 2 aromatic carbocycles. The van der Waals surface area contributed by atoms with E-state index in [2.05, 4.69) is 77.3 Å². The predicted molar refractivity (Wildman–Crippen MR) is 85.3 cm³/mol. The Morgan fingerprint density at radius 1 is 1.11 bits per heavy atom. The number of nitrogens with two attached hydrogens (primary N) is 1. The van der Waals surface area contributed by atoms with Crippen molar-refractivity contribution >= 4 is 21.6 Å². The highest BCUT2D eigenvalue weighted by atomic mass is 79.9. The monoisotopic (exact) mass is 318 g/mol. The van der Waals surface area contributed by atoms with Crippen LogP contribution in [-0.4, -0.2) is 7.05 Å². The number of hydrogen-bond donors (Lipinski definition) is 1. The Morgan fingerprint density at radius 3 is 2.53 bits per heavy atom. The van der Waals surface area contributed by atoms with E-state index < -0.39 is 0 Å². The molecule has 2 N–H and O–H groups in total. The number of aryl methyl sites for hydroxylation is 1. The summed E-state index contributed by atoms with van der Waals surface area (Å²) in [5.74, 6) is 0. The molecule has 0 unspecified atom stereocenters. The summed E-state index contributed by atoms with van der Waals surface area (Å²) >= 11 is 3.49. The Balaban J connectivity index is 2.25. The lowest BCUT2D eigenvalue weighted by Gasteiger charge is -2.23. The van der Waals surface area contributed by atoms with Crippen molar-refractivity contribution < 1.29 is 0 Å². The summed E-state index contributed by atoms with van der Waals surface area (Å²) in [5.41, 5.74) is 10.8. The smallest absolute Gasteiger partial charge is 0.0428 e. The van der Waals surface area contributed by atoms with Gasteiger partial charge in [-0.1, -0.05) is 40.2 Å². The highest BCUT2D eigenvalue weighted by Gasteiger charge is 2.08. The van der Waals surface area contributed by atoms with Crippen molar-refractivity contribution in [1.29, 1.82) is 0 Å². The SMILES string of the molecule is Cc1ccccc1CN(C)c1ccc(Br)cc1CN. The molecule has 3 heteroatoms. The van der Waals surface area contributed by atoms with Crippen LogP contribution in [-0.2, 0) is 13.1 Å². The maximum atomic E-state index is 5.83. The van der Waals surface area contributed by atoms with Crippen LogP contribution in [0.3, 0.4) is 0 Å². The van der Waals surface area contributed by atoms with Crippen molar-refractivity contribution in [1.82, 2.24) is 0 Å². The fourth-order valence-corrected chi connectivity index (χ4v) is 2.63. The van der Waals surface area contributed by atoms with Crippen LogP contribution in [0.5, 0.6) is 0 Å². The molecular formula is C16H19BrN2. The summed E-state index contributed by atoms with van der Waals surface area (Å²) in [6.07, 6.45) is 0. The Bertz CT molecular complexity index is 566. The van der Waals surface area contributed by atoms with Crippen LogP contribution < -0.4 is 10.6 Å². The van der Waals surface area contributed by atoms with Crippen molar-refractivity contribution in [3.8, 4) is 0 Å². The molecule has 0 amide bonds. The average Bonchev–Trinajstić information content (AvgIpc) is 2.41. The van der Waals surface area contributed by atoms with Crippen LogP contribution in [0.2, 0.25) is 0 Å². The van der Waals surface area contributed by atoms with E-state index in [1.807, 2.05) is 0 Å². The molecule has 0 atom stereocenters. The molecule has 0 radical (unpaired) electrons. The molecule has 0 aliphatic rings. The minimum atomic E-state index is 0.548. The van der Waals surface area contributed by atoms with Crippen LogP contribution in [0.15, 0.2) is 46.9 Å². The molecule has 0 heterocycles. The van der Waals surface area contributed by atoms with Gasteiger partial charge in [-0.25, -0.2) is 0 Å². The van der Waals surface area contributed by atoms with Crippen molar-refractivity contribution in [3.63, 3.8) is 0 Å². The van der Waals surface area contributed by atoms with Gasteiger partial charge < -0.3 is 10.6 Å². The molecule has 0 fully saturated rings. The van der Waals surface area contributed by atoms with Crippen LogP contribution in [0.1, 0.15) is 16.7 Å². The van der Waals surface area contributed by atoms with Gasteiger partial charge in [0.1, 0.15) is 0 Å². The van der Waals surface area contributed by atoms with Crippen molar-refractivity contribution in [2.75, 3.05) is 11.9 Å². The molecule has 2 nitrogen and oxygen atoms in total. The molecule has 19 heavy (non-hydrogen) atoms. The third-order valence-electron chi connectivity index (χ3n) is 3.34. The van der Waals surface area contributed by atoms with Gasteiger partial charge in [-0.05, 0) is 41.8 Å². The molecule has 0 aliphatic carbocycles. The zero-order valence-electron chi connectivity index (χ0n) is 11.4. The summed E-state index contributed by atoms with van der Waals surface area (Å²) in [6.45, 7) is 3.59. The van der Waals surface area contributed by atoms with Gasteiger partial charge in [0.05, 0.1) is 0 Å².